The van der Waals surface area contributed by atoms with Gasteiger partial charge in [0, 0.05) is 25.3 Å². The fraction of sp³-hybridized carbons (Fsp3) is 0.583. The number of halogens is 1. The molecule has 0 radical (unpaired) electrons. The molecule has 0 saturated carbocycles. The highest BCUT2D eigenvalue weighted by molar-refractivity contribution is 6.29. The second-order valence-corrected chi connectivity index (χ2v) is 5.15. The highest BCUT2D eigenvalue weighted by atomic mass is 35.5. The van der Waals surface area contributed by atoms with E-state index in [-0.39, 0.29) is 6.61 Å². The van der Waals surface area contributed by atoms with Crippen LogP contribution in [0.3, 0.4) is 0 Å². The third kappa shape index (κ3) is 2.37. The summed E-state index contributed by atoms with van der Waals surface area (Å²) in [6.07, 6.45) is 5.57. The summed E-state index contributed by atoms with van der Waals surface area (Å²) in [6, 6.07) is 2.26. The minimum Gasteiger partial charge on any atom is -0.396 e. The molecular weight excluding hydrogens is 266 g/mol. The molecule has 1 saturated heterocycles. The summed E-state index contributed by atoms with van der Waals surface area (Å²) in [5.74, 6) is 1.46. The van der Waals surface area contributed by atoms with E-state index in [1.807, 2.05) is 6.07 Å². The maximum absolute atomic E-state index is 8.99. The molecule has 3 rings (SSSR count). The van der Waals surface area contributed by atoms with Crippen LogP contribution >= 0.6 is 11.6 Å². The fourth-order valence-electron chi connectivity index (χ4n) is 2.74. The Hall–Kier alpha value is -1.40. The van der Waals surface area contributed by atoms with Gasteiger partial charge in [0.25, 0.3) is 5.78 Å². The van der Waals surface area contributed by atoms with Gasteiger partial charge in [0.2, 0.25) is 0 Å². The predicted molar refractivity (Wildman–Crippen MR) is 72.5 cm³/mol. The monoisotopic (exact) mass is 281 g/mol. The van der Waals surface area contributed by atoms with Crippen molar-refractivity contribution < 1.29 is 5.11 Å². The van der Waals surface area contributed by atoms with Crippen molar-refractivity contribution in [3.8, 4) is 0 Å². The molecule has 6 nitrogen and oxygen atoms in total. The molecule has 1 fully saturated rings. The first-order chi connectivity index (χ1) is 9.29. The van der Waals surface area contributed by atoms with Gasteiger partial charge in [0.05, 0.1) is 0 Å². The van der Waals surface area contributed by atoms with Crippen LogP contribution in [0.2, 0.25) is 5.15 Å². The Morgan fingerprint density at radius 2 is 2.37 bits per heavy atom. The van der Waals surface area contributed by atoms with E-state index in [0.717, 1.165) is 38.0 Å². The lowest BCUT2D eigenvalue weighted by atomic mass is 10.1. The number of aliphatic hydroxyl groups excluding tert-OH is 1. The molecule has 0 bridgehead atoms. The average molecular weight is 282 g/mol. The average Bonchev–Trinajstić information content (AvgIpc) is 3.03. The third-order valence-electron chi connectivity index (χ3n) is 3.57. The maximum atomic E-state index is 8.99. The number of hydrogen-bond acceptors (Lipinski definition) is 5. The van der Waals surface area contributed by atoms with E-state index in [2.05, 4.69) is 20.0 Å². The lowest BCUT2D eigenvalue weighted by molar-refractivity contribution is 0.279. The second-order valence-electron chi connectivity index (χ2n) is 4.76. The summed E-state index contributed by atoms with van der Waals surface area (Å²) in [4.78, 5) is 10.5. The Kier molecular flexibility index (Phi) is 3.52. The second kappa shape index (κ2) is 5.30. The van der Waals surface area contributed by atoms with Gasteiger partial charge in [0.15, 0.2) is 0 Å². The quantitative estimate of drug-likeness (QED) is 0.861. The first-order valence-electron chi connectivity index (χ1n) is 6.53. The topological polar surface area (TPSA) is 66.5 Å². The molecule has 1 atom stereocenters. The lowest BCUT2D eigenvalue weighted by Crippen LogP contribution is -2.31. The van der Waals surface area contributed by atoms with Crippen LogP contribution in [0.1, 0.15) is 25.7 Å². The third-order valence-corrected chi connectivity index (χ3v) is 3.76. The molecule has 0 amide bonds. The van der Waals surface area contributed by atoms with E-state index in [4.69, 9.17) is 16.7 Å². The molecule has 0 aliphatic carbocycles. The first kappa shape index (κ1) is 12.6. The molecule has 0 aromatic carbocycles. The molecule has 1 aliphatic heterocycles. The number of nitrogens with zero attached hydrogens (tertiary/aromatic N) is 5. The van der Waals surface area contributed by atoms with Gasteiger partial charge < -0.3 is 10.0 Å². The standard InChI is InChI=1S/C12H16ClN5O/c13-10-7-11(18-12(16-10)14-8-15-18)17-5-1-3-9(17)4-2-6-19/h7-9,19H,1-6H2. The number of hydrogen-bond donors (Lipinski definition) is 1. The molecule has 19 heavy (non-hydrogen) atoms. The van der Waals surface area contributed by atoms with E-state index in [9.17, 15) is 0 Å². The van der Waals surface area contributed by atoms with E-state index in [1.165, 1.54) is 6.33 Å². The molecule has 7 heteroatoms. The normalized spacial score (nSPS) is 19.5. The number of aromatic nitrogens is 4. The van der Waals surface area contributed by atoms with Crippen molar-refractivity contribution in [2.75, 3.05) is 18.1 Å². The van der Waals surface area contributed by atoms with Crippen molar-refractivity contribution in [2.24, 2.45) is 0 Å². The van der Waals surface area contributed by atoms with E-state index < -0.39 is 0 Å². The van der Waals surface area contributed by atoms with Gasteiger partial charge >= 0.3 is 0 Å². The van der Waals surface area contributed by atoms with Gasteiger partial charge in [-0.2, -0.15) is 19.6 Å². The SMILES string of the molecule is OCCCC1CCCN1c1cc(Cl)nc2ncnn12. The van der Waals surface area contributed by atoms with Crippen LogP contribution < -0.4 is 4.90 Å². The zero-order valence-corrected chi connectivity index (χ0v) is 11.3. The molecule has 3 heterocycles. The smallest absolute Gasteiger partial charge is 0.255 e. The van der Waals surface area contributed by atoms with Crippen LogP contribution in [0, 0.1) is 0 Å². The highest BCUT2D eigenvalue weighted by Crippen LogP contribution is 2.29. The van der Waals surface area contributed by atoms with Crippen LogP contribution in [-0.4, -0.2) is 43.9 Å². The molecule has 0 spiro atoms. The summed E-state index contributed by atoms with van der Waals surface area (Å²) in [5, 5.41) is 13.6. The zero-order valence-electron chi connectivity index (χ0n) is 10.5. The molecule has 1 N–H and O–H groups in total. The van der Waals surface area contributed by atoms with Crippen LogP contribution in [0.25, 0.3) is 5.78 Å². The van der Waals surface area contributed by atoms with Crippen molar-refractivity contribution >= 4 is 23.2 Å². The number of rotatable bonds is 4. The van der Waals surface area contributed by atoms with Crippen molar-refractivity contribution in [2.45, 2.75) is 31.7 Å². The Labute approximate surface area is 116 Å². The lowest BCUT2D eigenvalue weighted by Gasteiger charge is -2.26. The van der Waals surface area contributed by atoms with Crippen molar-refractivity contribution in [1.29, 1.82) is 0 Å². The summed E-state index contributed by atoms with van der Waals surface area (Å²) in [7, 11) is 0. The molecule has 102 valence electrons. The van der Waals surface area contributed by atoms with Gasteiger partial charge in [0.1, 0.15) is 17.3 Å². The highest BCUT2D eigenvalue weighted by Gasteiger charge is 2.26. The zero-order chi connectivity index (χ0) is 13.2. The van der Waals surface area contributed by atoms with E-state index in [0.29, 0.717) is 17.0 Å². The maximum Gasteiger partial charge on any atom is 0.255 e. The number of fused-ring (bicyclic) bond motifs is 1. The fourth-order valence-corrected chi connectivity index (χ4v) is 2.91. The van der Waals surface area contributed by atoms with Gasteiger partial charge in [-0.1, -0.05) is 11.6 Å². The van der Waals surface area contributed by atoms with Crippen molar-refractivity contribution in [3.63, 3.8) is 0 Å². The molecular formula is C12H16ClN5O. The summed E-state index contributed by atoms with van der Waals surface area (Å²) < 4.78 is 1.73. The van der Waals surface area contributed by atoms with Crippen LogP contribution in [0.5, 0.6) is 0 Å². The Balaban J connectivity index is 1.96. The number of aliphatic hydroxyl groups is 1. The molecule has 2 aromatic heterocycles. The molecule has 2 aromatic rings. The summed E-state index contributed by atoms with van der Waals surface area (Å²) in [6.45, 7) is 1.21. The first-order valence-corrected chi connectivity index (χ1v) is 6.91. The largest absolute Gasteiger partial charge is 0.396 e. The Bertz CT molecular complexity index is 572. The van der Waals surface area contributed by atoms with Crippen LogP contribution in [0.15, 0.2) is 12.4 Å². The predicted octanol–water partition coefficient (Wildman–Crippen LogP) is 1.52. The van der Waals surface area contributed by atoms with Crippen molar-refractivity contribution in [1.82, 2.24) is 19.6 Å². The Morgan fingerprint density at radius 1 is 1.47 bits per heavy atom. The minimum atomic E-state index is 0.236. The Morgan fingerprint density at radius 3 is 3.21 bits per heavy atom. The molecule has 1 aliphatic rings. The van der Waals surface area contributed by atoms with Gasteiger partial charge in [-0.25, -0.2) is 0 Å². The van der Waals surface area contributed by atoms with Crippen molar-refractivity contribution in [3.05, 3.63) is 17.5 Å². The minimum absolute atomic E-state index is 0.236. The van der Waals surface area contributed by atoms with E-state index in [1.54, 1.807) is 4.52 Å². The van der Waals surface area contributed by atoms with Gasteiger partial charge in [-0.15, -0.1) is 0 Å². The van der Waals surface area contributed by atoms with Crippen LogP contribution in [0.4, 0.5) is 5.82 Å². The number of anilines is 1. The van der Waals surface area contributed by atoms with Gasteiger partial charge in [-0.05, 0) is 25.7 Å². The molecule has 1 unspecified atom stereocenters. The summed E-state index contributed by atoms with van der Waals surface area (Å²) in [5.41, 5.74) is 0. The summed E-state index contributed by atoms with van der Waals surface area (Å²) >= 11 is 6.05. The van der Waals surface area contributed by atoms with Crippen LogP contribution in [-0.2, 0) is 0 Å². The van der Waals surface area contributed by atoms with E-state index >= 15 is 0 Å². The van der Waals surface area contributed by atoms with Gasteiger partial charge in [-0.3, -0.25) is 0 Å².